The highest BCUT2D eigenvalue weighted by atomic mass is 35.5. The molecule has 0 aromatic heterocycles. The Bertz CT molecular complexity index is 83.4. The summed E-state index contributed by atoms with van der Waals surface area (Å²) in [5.74, 6) is 0. The molecule has 0 radical (unpaired) electrons. The van der Waals surface area contributed by atoms with Crippen LogP contribution in [-0.2, 0) is 9.53 Å². The first-order valence-corrected chi connectivity index (χ1v) is 2.48. The van der Waals surface area contributed by atoms with E-state index in [0.29, 0.717) is 0 Å². The Hall–Kier alpha value is -0.120. The number of ether oxygens (including phenoxy) is 1. The van der Waals surface area contributed by atoms with Gasteiger partial charge in [-0.1, -0.05) is 0 Å². The molecule has 0 fully saturated rings. The second-order valence-electron chi connectivity index (χ2n) is 1.24. The molecule has 3 nitrogen and oxygen atoms in total. The van der Waals surface area contributed by atoms with Crippen LogP contribution in [0.15, 0.2) is 0 Å². The Labute approximate surface area is 52.2 Å². The molecule has 1 N–H and O–H groups in total. The predicted octanol–water partition coefficient (Wildman–Crippen LogP) is 0.107. The van der Waals surface area contributed by atoms with E-state index < -0.39 is 18.1 Å². The van der Waals surface area contributed by atoms with Crippen molar-refractivity contribution in [1.82, 2.24) is 0 Å². The zero-order valence-electron chi connectivity index (χ0n) is 4.43. The molecule has 0 saturated heterocycles. The quantitative estimate of drug-likeness (QED) is 0.445. The highest BCUT2D eigenvalue weighted by Crippen LogP contribution is 1.93. The second-order valence-corrected chi connectivity index (χ2v) is 1.61. The van der Waals surface area contributed by atoms with Gasteiger partial charge in [-0.25, -0.2) is 0 Å². The Morgan fingerprint density at radius 1 is 2.00 bits per heavy atom. The van der Waals surface area contributed by atoms with Crippen LogP contribution in [0.3, 0.4) is 0 Å². The summed E-state index contributed by atoms with van der Waals surface area (Å²) in [5.41, 5.74) is 0. The molecule has 0 heterocycles. The van der Waals surface area contributed by atoms with Crippen molar-refractivity contribution >= 4 is 16.8 Å². The SMILES string of the molecule is CC(OCO)C(=O)Cl. The van der Waals surface area contributed by atoms with E-state index in [1.54, 1.807) is 0 Å². The molecule has 48 valence electrons. The number of carbonyl (C=O) groups is 1. The van der Waals surface area contributed by atoms with Crippen molar-refractivity contribution in [2.75, 3.05) is 6.79 Å². The van der Waals surface area contributed by atoms with Crippen molar-refractivity contribution in [1.29, 1.82) is 0 Å². The summed E-state index contributed by atoms with van der Waals surface area (Å²) in [4.78, 5) is 10.1. The van der Waals surface area contributed by atoms with E-state index in [0.717, 1.165) is 0 Å². The predicted molar refractivity (Wildman–Crippen MR) is 28.5 cm³/mol. The first-order valence-electron chi connectivity index (χ1n) is 2.10. The molecule has 0 amide bonds. The van der Waals surface area contributed by atoms with Gasteiger partial charge in [-0.05, 0) is 18.5 Å². The zero-order valence-corrected chi connectivity index (χ0v) is 5.18. The van der Waals surface area contributed by atoms with Gasteiger partial charge >= 0.3 is 0 Å². The maximum absolute atomic E-state index is 10.1. The lowest BCUT2D eigenvalue weighted by Crippen LogP contribution is -2.15. The third-order valence-corrected chi connectivity index (χ3v) is 0.951. The topological polar surface area (TPSA) is 46.5 Å². The molecule has 4 heteroatoms. The number of hydrogen-bond donors (Lipinski definition) is 1. The Morgan fingerprint density at radius 3 is 2.62 bits per heavy atom. The summed E-state index contributed by atoms with van der Waals surface area (Å²) in [5, 5.41) is 7.45. The number of aliphatic hydroxyl groups is 1. The van der Waals surface area contributed by atoms with Gasteiger partial charge in [0.25, 0.3) is 0 Å². The minimum atomic E-state index is -0.707. The van der Waals surface area contributed by atoms with E-state index in [9.17, 15) is 4.79 Å². The van der Waals surface area contributed by atoms with Crippen LogP contribution in [0.5, 0.6) is 0 Å². The summed E-state index contributed by atoms with van der Waals surface area (Å²) in [7, 11) is 0. The van der Waals surface area contributed by atoms with Gasteiger partial charge in [0.1, 0.15) is 12.9 Å². The minimum Gasteiger partial charge on any atom is -0.371 e. The highest BCUT2D eigenvalue weighted by molar-refractivity contribution is 6.64. The number of halogens is 1. The van der Waals surface area contributed by atoms with Crippen molar-refractivity contribution in [3.8, 4) is 0 Å². The van der Waals surface area contributed by atoms with E-state index in [1.165, 1.54) is 6.92 Å². The number of hydrogen-bond acceptors (Lipinski definition) is 3. The van der Waals surface area contributed by atoms with Crippen LogP contribution >= 0.6 is 11.6 Å². The van der Waals surface area contributed by atoms with Gasteiger partial charge in [-0.3, -0.25) is 4.79 Å². The lowest BCUT2D eigenvalue weighted by atomic mass is 10.5. The van der Waals surface area contributed by atoms with Gasteiger partial charge in [-0.2, -0.15) is 0 Å². The lowest BCUT2D eigenvalue weighted by molar-refractivity contribution is -0.127. The van der Waals surface area contributed by atoms with Crippen molar-refractivity contribution in [3.05, 3.63) is 0 Å². The third-order valence-electron chi connectivity index (χ3n) is 0.644. The van der Waals surface area contributed by atoms with Crippen LogP contribution in [-0.4, -0.2) is 23.2 Å². The molecule has 1 unspecified atom stereocenters. The number of aliphatic hydroxyl groups excluding tert-OH is 1. The summed E-state index contributed by atoms with van der Waals surface area (Å²) >= 11 is 4.93. The summed E-state index contributed by atoms with van der Waals surface area (Å²) < 4.78 is 4.38. The van der Waals surface area contributed by atoms with Crippen molar-refractivity contribution in [2.45, 2.75) is 13.0 Å². The minimum absolute atomic E-state index is 0.473. The molecule has 0 aromatic carbocycles. The summed E-state index contributed by atoms with van der Waals surface area (Å²) in [6.07, 6.45) is -0.707. The van der Waals surface area contributed by atoms with Gasteiger partial charge in [0, 0.05) is 0 Å². The zero-order chi connectivity index (χ0) is 6.57. The van der Waals surface area contributed by atoms with Crippen LogP contribution in [0.4, 0.5) is 0 Å². The smallest absolute Gasteiger partial charge is 0.250 e. The molecule has 0 aromatic rings. The van der Waals surface area contributed by atoms with Crippen LogP contribution in [0.2, 0.25) is 0 Å². The second kappa shape index (κ2) is 3.83. The summed E-state index contributed by atoms with van der Waals surface area (Å²) in [6, 6.07) is 0. The normalized spacial score (nSPS) is 13.4. The van der Waals surface area contributed by atoms with E-state index in [-0.39, 0.29) is 0 Å². The Morgan fingerprint density at radius 2 is 2.50 bits per heavy atom. The van der Waals surface area contributed by atoms with Crippen LogP contribution < -0.4 is 0 Å². The molecule has 0 aliphatic heterocycles. The molecule has 0 rings (SSSR count). The van der Waals surface area contributed by atoms with Crippen molar-refractivity contribution in [2.24, 2.45) is 0 Å². The van der Waals surface area contributed by atoms with E-state index in [4.69, 9.17) is 16.7 Å². The molecule has 8 heavy (non-hydrogen) atoms. The van der Waals surface area contributed by atoms with Crippen molar-refractivity contribution < 1.29 is 14.6 Å². The molecule has 0 spiro atoms. The van der Waals surface area contributed by atoms with E-state index >= 15 is 0 Å². The fraction of sp³-hybridized carbons (Fsp3) is 0.750. The molecule has 0 aliphatic rings. The first-order chi connectivity index (χ1) is 3.68. The number of rotatable bonds is 3. The van der Waals surface area contributed by atoms with E-state index in [2.05, 4.69) is 4.74 Å². The average molecular weight is 139 g/mol. The summed E-state index contributed by atoms with van der Waals surface area (Å²) in [6.45, 7) is 0.991. The molecule has 0 bridgehead atoms. The number of carbonyl (C=O) groups excluding carboxylic acids is 1. The van der Waals surface area contributed by atoms with Gasteiger partial charge in [0.05, 0.1) is 0 Å². The monoisotopic (exact) mass is 138 g/mol. The van der Waals surface area contributed by atoms with Gasteiger partial charge < -0.3 is 9.84 Å². The van der Waals surface area contributed by atoms with Crippen LogP contribution in [0.1, 0.15) is 6.92 Å². The standard InChI is InChI=1S/C4H7ClO3/c1-3(4(5)7)8-2-6/h3,6H,2H2,1H3. The molecule has 1 atom stereocenters. The maximum Gasteiger partial charge on any atom is 0.250 e. The van der Waals surface area contributed by atoms with Crippen molar-refractivity contribution in [3.63, 3.8) is 0 Å². The fourth-order valence-electron chi connectivity index (χ4n) is 0.177. The van der Waals surface area contributed by atoms with E-state index in [1.807, 2.05) is 0 Å². The van der Waals surface area contributed by atoms with Gasteiger partial charge in [-0.15, -0.1) is 0 Å². The molecular formula is C4H7ClO3. The Balaban J connectivity index is 3.32. The van der Waals surface area contributed by atoms with Gasteiger partial charge in [0.2, 0.25) is 5.24 Å². The van der Waals surface area contributed by atoms with Crippen LogP contribution in [0, 0.1) is 0 Å². The molecular weight excluding hydrogens is 131 g/mol. The highest BCUT2D eigenvalue weighted by Gasteiger charge is 2.07. The largest absolute Gasteiger partial charge is 0.371 e. The fourth-order valence-corrected chi connectivity index (χ4v) is 0.240. The first kappa shape index (κ1) is 7.88. The van der Waals surface area contributed by atoms with Crippen LogP contribution in [0.25, 0.3) is 0 Å². The van der Waals surface area contributed by atoms with Gasteiger partial charge in [0.15, 0.2) is 0 Å². The maximum atomic E-state index is 10.1. The Kier molecular flexibility index (Phi) is 3.77. The molecule has 0 saturated carbocycles. The third kappa shape index (κ3) is 2.96. The molecule has 0 aliphatic carbocycles. The lowest BCUT2D eigenvalue weighted by Gasteiger charge is -2.02. The average Bonchev–Trinajstić information content (AvgIpc) is 1.67.